The van der Waals surface area contributed by atoms with Crippen molar-refractivity contribution in [1.82, 2.24) is 0 Å². The fourth-order valence-electron chi connectivity index (χ4n) is 2.99. The molecule has 31 heavy (non-hydrogen) atoms. The van der Waals surface area contributed by atoms with E-state index in [0.717, 1.165) is 17.4 Å². The molecule has 2 amide bonds. The number of amides is 2. The highest BCUT2D eigenvalue weighted by Gasteiger charge is 2.19. The molecule has 0 spiro atoms. The third kappa shape index (κ3) is 5.91. The lowest BCUT2D eigenvalue weighted by molar-refractivity contribution is 0.260. The monoisotopic (exact) mass is 462 g/mol. The zero-order valence-corrected chi connectivity index (χ0v) is 19.7. The van der Waals surface area contributed by atoms with Crippen molar-refractivity contribution >= 4 is 31.5 Å². The molecule has 2 rings (SSSR count). The van der Waals surface area contributed by atoms with Gasteiger partial charge in [-0.1, -0.05) is 27.7 Å². The molecule has 0 aromatic heterocycles. The molecule has 1 atom stereocenters. The van der Waals surface area contributed by atoms with E-state index < -0.39 is 25.8 Å². The molecule has 0 saturated carbocycles. The summed E-state index contributed by atoms with van der Waals surface area (Å²) in [6, 6.07) is 9.72. The van der Waals surface area contributed by atoms with Gasteiger partial charge in [0.25, 0.3) is 0 Å². The van der Waals surface area contributed by atoms with Gasteiger partial charge in [-0.25, -0.2) is 22.6 Å². The number of anilines is 1. The Morgan fingerprint density at radius 1 is 1.00 bits per heavy atom. The predicted octanol–water partition coefficient (Wildman–Crippen LogP) is 4.14. The highest BCUT2D eigenvalue weighted by molar-refractivity contribution is 7.92. The minimum Gasteiger partial charge on any atom is -0.305 e. The summed E-state index contributed by atoms with van der Waals surface area (Å²) in [6.45, 7) is 7.73. The molecule has 0 aliphatic heterocycles. The molecule has 0 heterocycles. The molecule has 166 valence electrons. The maximum Gasteiger partial charge on any atom is 0.354 e. The largest absolute Gasteiger partial charge is 0.354 e. The predicted molar refractivity (Wildman–Crippen MR) is 121 cm³/mol. The Hall–Kier alpha value is -2.74. The van der Waals surface area contributed by atoms with Crippen LogP contribution in [0.5, 0.6) is 0 Å². The highest BCUT2D eigenvalue weighted by atomic mass is 32.2. The van der Waals surface area contributed by atoms with E-state index in [0.29, 0.717) is 11.3 Å². The van der Waals surface area contributed by atoms with Crippen LogP contribution < -0.4 is 10.5 Å². The van der Waals surface area contributed by atoms with Crippen LogP contribution in [-0.4, -0.2) is 24.9 Å². The molecular weight excluding hydrogens is 436 g/mol. The van der Waals surface area contributed by atoms with E-state index in [1.165, 1.54) is 24.3 Å². The molecule has 0 radical (unpaired) electrons. The van der Waals surface area contributed by atoms with Gasteiger partial charge in [0.1, 0.15) is 9.92 Å². The number of nitriles is 1. The standard InChI is InChI=1S/C21H26N4O4S2/c1-13(2)18-10-15(12-22)11-19(14(3)4)20(18)24-21(26)25-31(23,29)17-8-6-16(7-9-17)30(5,27)28/h6-11,13-14H,1-5H3,(H3,23,24,25,26,29). The second-order valence-corrected chi connectivity index (χ2v) is 11.6. The van der Waals surface area contributed by atoms with Crippen molar-refractivity contribution in [3.63, 3.8) is 0 Å². The Morgan fingerprint density at radius 3 is 1.84 bits per heavy atom. The number of urea groups is 1. The molecule has 0 fully saturated rings. The van der Waals surface area contributed by atoms with Crippen molar-refractivity contribution in [2.75, 3.05) is 11.6 Å². The molecule has 0 aliphatic carbocycles. The van der Waals surface area contributed by atoms with Crippen molar-refractivity contribution in [2.24, 2.45) is 9.50 Å². The van der Waals surface area contributed by atoms with Crippen LogP contribution in [-0.2, 0) is 19.8 Å². The van der Waals surface area contributed by atoms with Crippen molar-refractivity contribution in [3.8, 4) is 6.07 Å². The van der Waals surface area contributed by atoms with Crippen LogP contribution >= 0.6 is 0 Å². The van der Waals surface area contributed by atoms with Crippen LogP contribution in [0, 0.1) is 11.3 Å². The third-order valence-corrected chi connectivity index (χ3v) is 7.13. The number of carbonyl (C=O) groups excluding carboxylic acids is 1. The molecule has 0 aliphatic rings. The lowest BCUT2D eigenvalue weighted by Gasteiger charge is -2.20. The zero-order chi connectivity index (χ0) is 23.6. The van der Waals surface area contributed by atoms with Gasteiger partial charge in [-0.05, 0) is 59.4 Å². The Morgan fingerprint density at radius 2 is 1.45 bits per heavy atom. The van der Waals surface area contributed by atoms with Crippen molar-refractivity contribution in [2.45, 2.75) is 49.3 Å². The Labute approximate surface area is 183 Å². The van der Waals surface area contributed by atoms with Gasteiger partial charge in [0, 0.05) is 11.9 Å². The second-order valence-electron chi connectivity index (χ2n) is 7.78. The van der Waals surface area contributed by atoms with E-state index in [-0.39, 0.29) is 21.6 Å². The number of sulfone groups is 1. The summed E-state index contributed by atoms with van der Waals surface area (Å²) in [5, 5.41) is 17.8. The van der Waals surface area contributed by atoms with Crippen LogP contribution in [0.2, 0.25) is 0 Å². The first-order chi connectivity index (χ1) is 14.3. The van der Waals surface area contributed by atoms with Gasteiger partial charge >= 0.3 is 6.03 Å². The summed E-state index contributed by atoms with van der Waals surface area (Å²) in [7, 11) is -7.03. The Bertz CT molecular complexity index is 1240. The maximum absolute atomic E-state index is 12.8. The van der Waals surface area contributed by atoms with Gasteiger partial charge in [-0.2, -0.15) is 5.26 Å². The summed E-state index contributed by atoms with van der Waals surface area (Å²) >= 11 is 0. The van der Waals surface area contributed by atoms with E-state index >= 15 is 0 Å². The quantitative estimate of drug-likeness (QED) is 0.686. The summed E-state index contributed by atoms with van der Waals surface area (Å²) in [5.74, 6) is 0.0127. The minimum atomic E-state index is -3.61. The van der Waals surface area contributed by atoms with Crippen molar-refractivity contribution in [1.29, 1.82) is 5.26 Å². The fourth-order valence-corrected chi connectivity index (χ4v) is 4.55. The fraction of sp³-hybridized carbons (Fsp3) is 0.333. The molecule has 2 aromatic carbocycles. The topological polar surface area (TPSA) is 142 Å². The van der Waals surface area contributed by atoms with Crippen LogP contribution in [0.25, 0.3) is 0 Å². The average molecular weight is 463 g/mol. The maximum atomic E-state index is 12.8. The average Bonchev–Trinajstić information content (AvgIpc) is 2.66. The van der Waals surface area contributed by atoms with E-state index in [4.69, 9.17) is 5.14 Å². The molecule has 8 nitrogen and oxygen atoms in total. The first kappa shape index (κ1) is 24.5. The van der Waals surface area contributed by atoms with E-state index in [1.807, 2.05) is 27.7 Å². The van der Waals surface area contributed by atoms with Gasteiger partial charge in [-0.3, -0.25) is 0 Å². The molecular formula is C21H26N4O4S2. The Balaban J connectivity index is 2.48. The van der Waals surface area contributed by atoms with Crippen LogP contribution in [0.3, 0.4) is 0 Å². The lowest BCUT2D eigenvalue weighted by atomic mass is 9.90. The van der Waals surface area contributed by atoms with Crippen LogP contribution in [0.4, 0.5) is 10.5 Å². The first-order valence-electron chi connectivity index (χ1n) is 9.50. The summed E-state index contributed by atoms with van der Waals surface area (Å²) < 4.78 is 39.7. The minimum absolute atomic E-state index is 0.00636. The number of hydrogen-bond acceptors (Lipinski definition) is 5. The van der Waals surface area contributed by atoms with E-state index in [9.17, 15) is 22.7 Å². The number of benzene rings is 2. The van der Waals surface area contributed by atoms with Gasteiger partial charge in [0.2, 0.25) is 0 Å². The van der Waals surface area contributed by atoms with Gasteiger partial charge in [0.05, 0.1) is 21.4 Å². The molecule has 10 heteroatoms. The van der Waals surface area contributed by atoms with Gasteiger partial charge < -0.3 is 5.32 Å². The summed E-state index contributed by atoms with van der Waals surface area (Å²) in [6.07, 6.45) is 1.05. The second kappa shape index (κ2) is 9.18. The smallest absolute Gasteiger partial charge is 0.305 e. The third-order valence-electron chi connectivity index (χ3n) is 4.61. The van der Waals surface area contributed by atoms with E-state index in [1.54, 1.807) is 12.1 Å². The summed E-state index contributed by atoms with van der Waals surface area (Å²) in [5.41, 5.74) is 2.51. The number of nitrogens with two attached hydrogens (primary N) is 1. The number of nitrogens with zero attached hydrogens (tertiary/aromatic N) is 2. The van der Waals surface area contributed by atoms with Crippen LogP contribution in [0.15, 0.2) is 50.6 Å². The SMILES string of the molecule is CC(C)c1cc(C#N)cc(C(C)C)c1NC(=O)N=S(N)(=O)c1ccc(S(C)(=O)=O)cc1. The molecule has 0 bridgehead atoms. The molecule has 3 N–H and O–H groups in total. The lowest BCUT2D eigenvalue weighted by Crippen LogP contribution is -2.19. The zero-order valence-electron chi connectivity index (χ0n) is 18.0. The van der Waals surface area contributed by atoms with Crippen molar-refractivity contribution < 1.29 is 17.4 Å². The normalized spacial score (nSPS) is 13.5. The van der Waals surface area contributed by atoms with Gasteiger partial charge in [-0.15, -0.1) is 4.36 Å². The number of carbonyl (C=O) groups is 1. The van der Waals surface area contributed by atoms with E-state index in [2.05, 4.69) is 15.7 Å². The molecule has 2 aromatic rings. The number of hydrogen-bond donors (Lipinski definition) is 2. The van der Waals surface area contributed by atoms with Crippen molar-refractivity contribution in [3.05, 3.63) is 53.1 Å². The first-order valence-corrected chi connectivity index (χ1v) is 13.0. The summed E-state index contributed by atoms with van der Waals surface area (Å²) in [4.78, 5) is 12.7. The number of rotatable bonds is 5. The molecule has 1 unspecified atom stereocenters. The van der Waals surface area contributed by atoms with Gasteiger partial charge in [0.15, 0.2) is 9.84 Å². The Kier molecular flexibility index (Phi) is 7.26. The van der Waals surface area contributed by atoms with Crippen LogP contribution in [0.1, 0.15) is 56.2 Å². The molecule has 0 saturated heterocycles. The number of nitrogens with one attached hydrogen (secondary N) is 1. The highest BCUT2D eigenvalue weighted by Crippen LogP contribution is 2.34.